The standard InChI is InChI=1S/C58H119N2O6P/c1-6-8-10-12-14-16-18-20-22-24-26-27-28-29-30-31-32-33-34-35-37-39-41-43-45-47-49-51-57(61)56(55-66-67(63,64)65-54-53-60(3,4)5)59-58(62)52-50-48-46-44-42-40-38-36-25-23-21-19-17-15-13-11-9-7-2/h56-57,61H,6-55H2,1-5H3,(H-,59,62,63,64)/p+1. The van der Waals surface area contributed by atoms with E-state index in [0.717, 1.165) is 38.5 Å². The van der Waals surface area contributed by atoms with Crippen LogP contribution in [0, 0.1) is 0 Å². The Kier molecular flexibility index (Phi) is 50.1. The Balaban J connectivity index is 4.07. The molecule has 0 saturated carbocycles. The van der Waals surface area contributed by atoms with E-state index >= 15 is 0 Å². The van der Waals surface area contributed by atoms with Gasteiger partial charge in [0.15, 0.2) is 0 Å². The number of likely N-dealkylation sites (N-methyl/N-ethyl adjacent to an activating group) is 1. The van der Waals surface area contributed by atoms with Crippen molar-refractivity contribution >= 4 is 13.7 Å². The second kappa shape index (κ2) is 50.4. The Morgan fingerprint density at radius 3 is 1.00 bits per heavy atom. The minimum atomic E-state index is -4.32. The van der Waals surface area contributed by atoms with Gasteiger partial charge in [-0.15, -0.1) is 0 Å². The minimum absolute atomic E-state index is 0.0792. The molecule has 0 heterocycles. The molecule has 9 heteroatoms. The van der Waals surface area contributed by atoms with Gasteiger partial charge in [0.05, 0.1) is 39.9 Å². The van der Waals surface area contributed by atoms with Gasteiger partial charge in [-0.2, -0.15) is 0 Å². The molecular weight excluding hydrogens is 852 g/mol. The maximum absolute atomic E-state index is 13.0. The first-order valence-corrected chi connectivity index (χ1v) is 31.4. The van der Waals surface area contributed by atoms with Gasteiger partial charge >= 0.3 is 7.82 Å². The first-order valence-electron chi connectivity index (χ1n) is 29.9. The number of phosphoric acid groups is 1. The van der Waals surface area contributed by atoms with E-state index in [1.807, 2.05) is 21.1 Å². The van der Waals surface area contributed by atoms with Gasteiger partial charge in [-0.25, -0.2) is 4.57 Å². The quantitative estimate of drug-likeness (QED) is 0.0319. The molecule has 0 aromatic heterocycles. The monoisotopic (exact) mass is 972 g/mol. The number of unbranched alkanes of at least 4 members (excludes halogenated alkanes) is 43. The van der Waals surface area contributed by atoms with Crippen LogP contribution >= 0.6 is 7.82 Å². The second-order valence-corrected chi connectivity index (χ2v) is 23.5. The zero-order valence-corrected chi connectivity index (χ0v) is 46.8. The van der Waals surface area contributed by atoms with E-state index in [-0.39, 0.29) is 19.1 Å². The van der Waals surface area contributed by atoms with E-state index in [4.69, 9.17) is 9.05 Å². The summed E-state index contributed by atoms with van der Waals surface area (Å²) in [7, 11) is 1.64. The molecule has 0 bridgehead atoms. The number of nitrogens with zero attached hydrogens (tertiary/aromatic N) is 1. The molecule has 0 saturated heterocycles. The Labute approximate surface area is 419 Å². The molecule has 3 unspecified atom stereocenters. The Bertz CT molecular complexity index is 1060. The third-order valence-corrected chi connectivity index (χ3v) is 15.1. The number of hydrogen-bond acceptors (Lipinski definition) is 5. The molecule has 3 N–H and O–H groups in total. The lowest BCUT2D eigenvalue weighted by atomic mass is 10.0. The molecule has 0 fully saturated rings. The van der Waals surface area contributed by atoms with E-state index in [9.17, 15) is 19.4 Å². The highest BCUT2D eigenvalue weighted by molar-refractivity contribution is 7.47. The first-order chi connectivity index (χ1) is 32.5. The Morgan fingerprint density at radius 1 is 0.448 bits per heavy atom. The summed E-state index contributed by atoms with van der Waals surface area (Å²) in [5, 5.41) is 14.1. The second-order valence-electron chi connectivity index (χ2n) is 22.1. The van der Waals surface area contributed by atoms with Crippen molar-refractivity contribution in [2.24, 2.45) is 0 Å². The average molecular weight is 973 g/mol. The van der Waals surface area contributed by atoms with Crippen LogP contribution in [-0.4, -0.2) is 73.4 Å². The fraction of sp³-hybridized carbons (Fsp3) is 0.983. The molecule has 0 rings (SSSR count). The normalized spacial score (nSPS) is 13.8. The number of quaternary nitrogens is 1. The third kappa shape index (κ3) is 53.1. The number of aliphatic hydroxyl groups excluding tert-OH is 1. The van der Waals surface area contributed by atoms with Crippen LogP contribution in [0.5, 0.6) is 0 Å². The van der Waals surface area contributed by atoms with Crippen LogP contribution < -0.4 is 5.32 Å². The molecule has 402 valence electrons. The average Bonchev–Trinajstić information content (AvgIpc) is 3.29. The van der Waals surface area contributed by atoms with E-state index in [0.29, 0.717) is 23.9 Å². The number of amides is 1. The molecular formula is C58H120N2O6P+. The molecule has 0 aromatic carbocycles. The van der Waals surface area contributed by atoms with Crippen molar-refractivity contribution < 1.29 is 32.9 Å². The number of aliphatic hydroxyl groups is 1. The Hall–Kier alpha value is -0.500. The molecule has 0 radical (unpaired) electrons. The SMILES string of the molecule is CCCCCCCCCCCCCCCCCCCCCCCCCCCCCC(O)C(COP(=O)(O)OCC[N+](C)(C)C)NC(=O)CCCCCCCCCCCCCCCCCCCC. The van der Waals surface area contributed by atoms with Crippen LogP contribution in [0.25, 0.3) is 0 Å². The highest BCUT2D eigenvalue weighted by atomic mass is 31.2. The molecule has 67 heavy (non-hydrogen) atoms. The fourth-order valence-corrected chi connectivity index (χ4v) is 10.1. The highest BCUT2D eigenvalue weighted by Gasteiger charge is 2.28. The van der Waals surface area contributed by atoms with E-state index in [1.165, 1.54) is 250 Å². The van der Waals surface area contributed by atoms with E-state index < -0.39 is 20.0 Å². The van der Waals surface area contributed by atoms with Gasteiger partial charge in [0.2, 0.25) is 5.91 Å². The van der Waals surface area contributed by atoms with Crippen molar-refractivity contribution in [2.45, 2.75) is 328 Å². The number of phosphoric ester groups is 1. The number of nitrogens with one attached hydrogen (secondary N) is 1. The van der Waals surface area contributed by atoms with Gasteiger partial charge in [0, 0.05) is 6.42 Å². The molecule has 3 atom stereocenters. The van der Waals surface area contributed by atoms with Gasteiger partial charge in [-0.1, -0.05) is 296 Å². The predicted molar refractivity (Wildman–Crippen MR) is 291 cm³/mol. The van der Waals surface area contributed by atoms with Crippen LogP contribution in [0.15, 0.2) is 0 Å². The maximum atomic E-state index is 13.0. The lowest BCUT2D eigenvalue weighted by Gasteiger charge is -2.26. The molecule has 0 aliphatic carbocycles. The predicted octanol–water partition coefficient (Wildman–Crippen LogP) is 18.0. The van der Waals surface area contributed by atoms with Crippen molar-refractivity contribution in [3.8, 4) is 0 Å². The third-order valence-electron chi connectivity index (χ3n) is 14.1. The van der Waals surface area contributed by atoms with Crippen molar-refractivity contribution in [1.82, 2.24) is 5.32 Å². The first kappa shape index (κ1) is 66.5. The summed E-state index contributed by atoms with van der Waals surface area (Å²) in [5.74, 6) is -0.136. The van der Waals surface area contributed by atoms with Crippen molar-refractivity contribution in [3.63, 3.8) is 0 Å². The molecule has 8 nitrogen and oxygen atoms in total. The van der Waals surface area contributed by atoms with Crippen LogP contribution in [0.4, 0.5) is 0 Å². The summed E-state index contributed by atoms with van der Waals surface area (Å²) in [6.07, 6.45) is 60.2. The van der Waals surface area contributed by atoms with Crippen molar-refractivity contribution in [1.29, 1.82) is 0 Å². The molecule has 0 spiro atoms. The topological polar surface area (TPSA) is 105 Å². The van der Waals surface area contributed by atoms with E-state index in [1.54, 1.807) is 0 Å². The van der Waals surface area contributed by atoms with Crippen molar-refractivity contribution in [3.05, 3.63) is 0 Å². The molecule has 0 aliphatic heterocycles. The summed E-state index contributed by atoms with van der Waals surface area (Å²) < 4.78 is 23.8. The van der Waals surface area contributed by atoms with Gasteiger partial charge in [-0.3, -0.25) is 13.8 Å². The summed E-state index contributed by atoms with van der Waals surface area (Å²) in [6, 6.07) is -0.755. The summed E-state index contributed by atoms with van der Waals surface area (Å²) in [6.45, 7) is 4.95. The van der Waals surface area contributed by atoms with Gasteiger partial charge < -0.3 is 19.8 Å². The smallest absolute Gasteiger partial charge is 0.391 e. The summed E-state index contributed by atoms with van der Waals surface area (Å²) in [5.41, 5.74) is 0. The summed E-state index contributed by atoms with van der Waals surface area (Å²) >= 11 is 0. The number of carbonyl (C=O) groups is 1. The zero-order valence-electron chi connectivity index (χ0n) is 45.9. The van der Waals surface area contributed by atoms with Gasteiger partial charge in [0.25, 0.3) is 0 Å². The van der Waals surface area contributed by atoms with Crippen LogP contribution in [0.2, 0.25) is 0 Å². The lowest BCUT2D eigenvalue weighted by Crippen LogP contribution is -2.46. The fourth-order valence-electron chi connectivity index (χ4n) is 9.40. The van der Waals surface area contributed by atoms with Crippen LogP contribution in [0.1, 0.15) is 316 Å². The van der Waals surface area contributed by atoms with Crippen molar-refractivity contribution in [2.75, 3.05) is 40.9 Å². The van der Waals surface area contributed by atoms with Gasteiger partial charge in [0.1, 0.15) is 13.2 Å². The summed E-state index contributed by atoms with van der Waals surface area (Å²) in [4.78, 5) is 23.3. The lowest BCUT2D eigenvalue weighted by molar-refractivity contribution is -0.870. The van der Waals surface area contributed by atoms with Crippen LogP contribution in [-0.2, 0) is 18.4 Å². The van der Waals surface area contributed by atoms with Gasteiger partial charge in [-0.05, 0) is 12.8 Å². The van der Waals surface area contributed by atoms with Crippen LogP contribution in [0.3, 0.4) is 0 Å². The highest BCUT2D eigenvalue weighted by Crippen LogP contribution is 2.43. The Morgan fingerprint density at radius 2 is 0.716 bits per heavy atom. The minimum Gasteiger partial charge on any atom is -0.391 e. The maximum Gasteiger partial charge on any atom is 0.472 e. The number of hydrogen-bond donors (Lipinski definition) is 3. The zero-order chi connectivity index (χ0) is 49.2. The molecule has 0 aliphatic rings. The largest absolute Gasteiger partial charge is 0.472 e. The van der Waals surface area contributed by atoms with E-state index in [2.05, 4.69) is 19.2 Å². The number of rotatable bonds is 56. The molecule has 1 amide bonds. The number of carbonyl (C=O) groups excluding carboxylic acids is 1. The molecule has 0 aromatic rings.